The van der Waals surface area contributed by atoms with Gasteiger partial charge in [0.15, 0.2) is 15.6 Å². The molecule has 0 N–H and O–H groups in total. The number of hydrogen-bond acceptors (Lipinski definition) is 10. The van der Waals surface area contributed by atoms with Crippen LogP contribution in [0.15, 0.2) is 43.0 Å². The maximum Gasteiger partial charge on any atom is 0.232 e. The molecular weight excluding hydrogens is 470 g/mol. The van der Waals surface area contributed by atoms with Crippen LogP contribution in [-0.4, -0.2) is 65.2 Å². The van der Waals surface area contributed by atoms with E-state index >= 15 is 0 Å². The number of ketones is 1. The second-order valence-electron chi connectivity index (χ2n) is 8.44. The summed E-state index contributed by atoms with van der Waals surface area (Å²) in [5.41, 5.74) is 1.65. The minimum atomic E-state index is -3.31. The first kappa shape index (κ1) is 24.8. The topological polar surface area (TPSA) is 134 Å². The Balaban J connectivity index is 1.57. The molecule has 1 aliphatic rings. The lowest BCUT2D eigenvalue weighted by atomic mass is 9.72. The Morgan fingerprint density at radius 3 is 2.57 bits per heavy atom. The van der Waals surface area contributed by atoms with E-state index in [1.54, 1.807) is 30.7 Å². The molecule has 3 aromatic heterocycles. The van der Waals surface area contributed by atoms with Crippen molar-refractivity contribution in [2.24, 2.45) is 0 Å². The Morgan fingerprint density at radius 2 is 1.89 bits per heavy atom. The van der Waals surface area contributed by atoms with Crippen molar-refractivity contribution in [1.82, 2.24) is 24.9 Å². The Bertz CT molecular complexity index is 1290. The van der Waals surface area contributed by atoms with Crippen molar-refractivity contribution < 1.29 is 22.7 Å². The van der Waals surface area contributed by atoms with Gasteiger partial charge in [0.05, 0.1) is 35.8 Å². The van der Waals surface area contributed by atoms with E-state index in [0.29, 0.717) is 55.6 Å². The molecule has 184 valence electrons. The predicted molar refractivity (Wildman–Crippen MR) is 127 cm³/mol. The van der Waals surface area contributed by atoms with Crippen LogP contribution < -0.4 is 4.74 Å². The maximum atomic E-state index is 13.6. The highest BCUT2D eigenvalue weighted by Crippen LogP contribution is 2.36. The molecule has 0 spiro atoms. The van der Waals surface area contributed by atoms with Crippen LogP contribution in [0.2, 0.25) is 0 Å². The summed E-state index contributed by atoms with van der Waals surface area (Å²) in [5, 5.41) is 0. The van der Waals surface area contributed by atoms with Gasteiger partial charge in [0.2, 0.25) is 5.88 Å². The Morgan fingerprint density at radius 1 is 1.09 bits per heavy atom. The molecule has 4 heterocycles. The van der Waals surface area contributed by atoms with Crippen LogP contribution in [0.4, 0.5) is 0 Å². The van der Waals surface area contributed by atoms with E-state index < -0.39 is 15.3 Å². The lowest BCUT2D eigenvalue weighted by molar-refractivity contribution is -0.127. The second-order valence-corrected chi connectivity index (χ2v) is 10.6. The van der Waals surface area contributed by atoms with E-state index in [1.807, 2.05) is 13.0 Å². The largest absolute Gasteiger partial charge is 0.477 e. The molecule has 3 aromatic rings. The van der Waals surface area contributed by atoms with Gasteiger partial charge in [-0.1, -0.05) is 0 Å². The van der Waals surface area contributed by atoms with Gasteiger partial charge in [-0.25, -0.2) is 23.4 Å². The van der Waals surface area contributed by atoms with Gasteiger partial charge in [-0.05, 0) is 38.0 Å². The summed E-state index contributed by atoms with van der Waals surface area (Å²) in [6, 6.07) is 5.33. The second kappa shape index (κ2) is 10.5. The molecule has 0 aliphatic carbocycles. The third-order valence-corrected chi connectivity index (χ3v) is 6.62. The Kier molecular flexibility index (Phi) is 7.46. The standard InChI is InChI=1S/C24H27N5O5S/c1-3-34-23-15-25-14-19(28-23)17-4-5-18(27-13-17)12-21(30)24(7-10-33-11-8-24)20-6-9-26-22(29-20)16-35(2,31)32/h4-6,9,13-15H,3,7-8,10-12,16H2,1-2H3. The maximum absolute atomic E-state index is 13.6. The molecule has 35 heavy (non-hydrogen) atoms. The van der Waals surface area contributed by atoms with Gasteiger partial charge in [-0.15, -0.1) is 0 Å². The molecule has 1 saturated heterocycles. The van der Waals surface area contributed by atoms with Gasteiger partial charge in [0.25, 0.3) is 0 Å². The van der Waals surface area contributed by atoms with Crippen LogP contribution in [0.25, 0.3) is 11.3 Å². The van der Waals surface area contributed by atoms with Crippen molar-refractivity contribution in [3.63, 3.8) is 0 Å². The zero-order valence-electron chi connectivity index (χ0n) is 19.7. The number of nitrogens with zero attached hydrogens (tertiary/aromatic N) is 5. The normalized spacial score (nSPS) is 15.5. The Labute approximate surface area is 204 Å². The first-order valence-corrected chi connectivity index (χ1v) is 13.4. The molecule has 10 nitrogen and oxygen atoms in total. The average molecular weight is 498 g/mol. The number of carbonyl (C=O) groups is 1. The van der Waals surface area contributed by atoms with Crippen molar-refractivity contribution in [2.75, 3.05) is 26.1 Å². The fourth-order valence-corrected chi connectivity index (χ4v) is 4.69. The minimum absolute atomic E-state index is 0.0387. The molecular formula is C24H27N5O5S. The first-order valence-electron chi connectivity index (χ1n) is 11.3. The first-order chi connectivity index (χ1) is 16.8. The number of sulfone groups is 1. The van der Waals surface area contributed by atoms with Crippen LogP contribution >= 0.6 is 0 Å². The van der Waals surface area contributed by atoms with Crippen LogP contribution in [0.5, 0.6) is 5.88 Å². The van der Waals surface area contributed by atoms with E-state index in [1.165, 1.54) is 6.20 Å². The molecule has 0 aromatic carbocycles. The van der Waals surface area contributed by atoms with Crippen LogP contribution in [0.1, 0.15) is 37.0 Å². The number of ether oxygens (including phenoxy) is 2. The zero-order chi connectivity index (χ0) is 24.9. The number of hydrogen-bond donors (Lipinski definition) is 0. The third kappa shape index (κ3) is 6.04. The molecule has 1 fully saturated rings. The number of carbonyl (C=O) groups excluding carboxylic acids is 1. The van der Waals surface area contributed by atoms with Crippen LogP contribution in [-0.2, 0) is 37.0 Å². The molecule has 0 radical (unpaired) electrons. The van der Waals surface area contributed by atoms with Crippen LogP contribution in [0.3, 0.4) is 0 Å². The smallest absolute Gasteiger partial charge is 0.232 e. The molecule has 11 heteroatoms. The van der Waals surface area contributed by atoms with E-state index in [2.05, 4.69) is 24.9 Å². The van der Waals surface area contributed by atoms with Crippen molar-refractivity contribution >= 4 is 15.6 Å². The number of pyridine rings is 1. The Hall–Kier alpha value is -3.31. The van der Waals surface area contributed by atoms with E-state index in [9.17, 15) is 13.2 Å². The van der Waals surface area contributed by atoms with Crippen molar-refractivity contribution in [3.8, 4) is 17.1 Å². The number of Topliss-reactive ketones (excluding diaryl/α,β-unsaturated/α-hetero) is 1. The number of rotatable bonds is 9. The summed E-state index contributed by atoms with van der Waals surface area (Å²) in [6.07, 6.45) is 8.51. The van der Waals surface area contributed by atoms with Crippen molar-refractivity contribution in [1.29, 1.82) is 0 Å². The predicted octanol–water partition coefficient (Wildman–Crippen LogP) is 2.13. The summed E-state index contributed by atoms with van der Waals surface area (Å²) >= 11 is 0. The van der Waals surface area contributed by atoms with E-state index in [-0.39, 0.29) is 23.8 Å². The summed E-state index contributed by atoms with van der Waals surface area (Å²) in [4.78, 5) is 35.3. The van der Waals surface area contributed by atoms with Gasteiger partial charge in [-0.2, -0.15) is 0 Å². The average Bonchev–Trinajstić information content (AvgIpc) is 2.84. The van der Waals surface area contributed by atoms with Crippen molar-refractivity contribution in [3.05, 3.63) is 60.2 Å². The lowest BCUT2D eigenvalue weighted by Crippen LogP contribution is -2.43. The molecule has 0 amide bonds. The SMILES string of the molecule is CCOc1cncc(-c2ccc(CC(=O)C3(c4ccnc(CS(C)(=O)=O)n4)CCOCC3)nc2)n1. The highest BCUT2D eigenvalue weighted by Gasteiger charge is 2.42. The lowest BCUT2D eigenvalue weighted by Gasteiger charge is -2.35. The van der Waals surface area contributed by atoms with Gasteiger partial charge in [-0.3, -0.25) is 14.8 Å². The highest BCUT2D eigenvalue weighted by molar-refractivity contribution is 7.89. The van der Waals surface area contributed by atoms with Gasteiger partial charge in [0, 0.05) is 49.5 Å². The van der Waals surface area contributed by atoms with Gasteiger partial charge >= 0.3 is 0 Å². The number of aromatic nitrogens is 5. The van der Waals surface area contributed by atoms with E-state index in [4.69, 9.17) is 9.47 Å². The summed E-state index contributed by atoms with van der Waals surface area (Å²) < 4.78 is 34.4. The molecule has 4 rings (SSSR count). The molecule has 0 saturated carbocycles. The highest BCUT2D eigenvalue weighted by atomic mass is 32.2. The minimum Gasteiger partial charge on any atom is -0.477 e. The molecule has 0 bridgehead atoms. The van der Waals surface area contributed by atoms with Gasteiger partial charge < -0.3 is 9.47 Å². The summed E-state index contributed by atoms with van der Waals surface area (Å²) in [7, 11) is -3.31. The van der Waals surface area contributed by atoms with Gasteiger partial charge in [0.1, 0.15) is 11.6 Å². The van der Waals surface area contributed by atoms with Crippen molar-refractivity contribution in [2.45, 2.75) is 37.4 Å². The summed E-state index contributed by atoms with van der Waals surface area (Å²) in [6.45, 7) is 3.20. The molecule has 0 atom stereocenters. The zero-order valence-corrected chi connectivity index (χ0v) is 20.5. The fraction of sp³-hybridized carbons (Fsp3) is 0.417. The third-order valence-electron chi connectivity index (χ3n) is 5.83. The molecule has 1 aliphatic heterocycles. The monoisotopic (exact) mass is 497 g/mol. The fourth-order valence-electron chi connectivity index (χ4n) is 4.09. The molecule has 0 unspecified atom stereocenters. The summed E-state index contributed by atoms with van der Waals surface area (Å²) in [5.74, 6) is 0.299. The quantitative estimate of drug-likeness (QED) is 0.433. The van der Waals surface area contributed by atoms with Crippen LogP contribution in [0, 0.1) is 0 Å². The van der Waals surface area contributed by atoms with E-state index in [0.717, 1.165) is 11.8 Å².